The van der Waals surface area contributed by atoms with Crippen LogP contribution in [0.5, 0.6) is 0 Å². The van der Waals surface area contributed by atoms with Crippen LogP contribution in [0.15, 0.2) is 29.8 Å². The van der Waals surface area contributed by atoms with Gasteiger partial charge in [0.25, 0.3) is 0 Å². The van der Waals surface area contributed by atoms with Gasteiger partial charge < -0.3 is 5.32 Å². The van der Waals surface area contributed by atoms with Gasteiger partial charge in [0.05, 0.1) is 5.69 Å². The van der Waals surface area contributed by atoms with Crippen LogP contribution >= 0.6 is 11.3 Å². The van der Waals surface area contributed by atoms with E-state index in [9.17, 15) is 14.0 Å². The number of nitrogens with one attached hydrogen (secondary N) is 2. The standard InChI is InChI=1S/C15H16FN3O2S/c1-9(2)7-13(20)11-4-3-10(16)8-12(11)18-14(21)19-15-17-5-6-22-15/h3-6,8-9H,7H2,1-2H3,(H2,17,18,19,21). The molecule has 0 bridgehead atoms. The van der Waals surface area contributed by atoms with Crippen molar-refractivity contribution in [2.24, 2.45) is 5.92 Å². The van der Waals surface area contributed by atoms with Crippen molar-refractivity contribution >= 4 is 34.0 Å². The molecule has 2 N–H and O–H groups in total. The highest BCUT2D eigenvalue weighted by Gasteiger charge is 2.16. The zero-order valence-electron chi connectivity index (χ0n) is 12.2. The van der Waals surface area contributed by atoms with Crippen LogP contribution in [0.3, 0.4) is 0 Å². The van der Waals surface area contributed by atoms with Crippen LogP contribution in [0.25, 0.3) is 0 Å². The summed E-state index contributed by atoms with van der Waals surface area (Å²) in [5, 5.41) is 7.16. The van der Waals surface area contributed by atoms with Crippen molar-refractivity contribution in [3.8, 4) is 0 Å². The molecule has 0 aliphatic heterocycles. The van der Waals surface area contributed by atoms with E-state index in [-0.39, 0.29) is 17.4 Å². The fraction of sp³-hybridized carbons (Fsp3) is 0.267. The summed E-state index contributed by atoms with van der Waals surface area (Å²) in [6, 6.07) is 3.16. The Hall–Kier alpha value is -2.28. The molecule has 0 spiro atoms. The molecule has 2 amide bonds. The fourth-order valence-electron chi connectivity index (χ4n) is 1.88. The third-order valence-corrected chi connectivity index (χ3v) is 3.47. The zero-order chi connectivity index (χ0) is 16.1. The van der Waals surface area contributed by atoms with Gasteiger partial charge in [-0.25, -0.2) is 14.2 Å². The molecule has 1 aromatic carbocycles. The maximum atomic E-state index is 13.4. The Morgan fingerprint density at radius 1 is 1.32 bits per heavy atom. The number of hydrogen-bond acceptors (Lipinski definition) is 4. The lowest BCUT2D eigenvalue weighted by atomic mass is 10.00. The topological polar surface area (TPSA) is 71.1 Å². The van der Waals surface area contributed by atoms with E-state index >= 15 is 0 Å². The van der Waals surface area contributed by atoms with Crippen molar-refractivity contribution in [3.05, 3.63) is 41.2 Å². The lowest BCUT2D eigenvalue weighted by Crippen LogP contribution is -2.21. The molecule has 5 nitrogen and oxygen atoms in total. The lowest BCUT2D eigenvalue weighted by Gasteiger charge is -2.11. The number of benzene rings is 1. The molecule has 0 saturated heterocycles. The minimum atomic E-state index is -0.570. The third-order valence-electron chi connectivity index (χ3n) is 2.78. The number of aromatic nitrogens is 1. The summed E-state index contributed by atoms with van der Waals surface area (Å²) in [4.78, 5) is 28.0. The smallest absolute Gasteiger partial charge is 0.307 e. The Bertz CT molecular complexity index is 671. The Labute approximate surface area is 131 Å². The molecule has 0 aliphatic carbocycles. The average Bonchev–Trinajstić information content (AvgIpc) is 2.90. The summed E-state index contributed by atoms with van der Waals surface area (Å²) in [6.45, 7) is 3.84. The molecule has 22 heavy (non-hydrogen) atoms. The molecule has 2 aromatic rings. The minimum absolute atomic E-state index is 0.139. The van der Waals surface area contributed by atoms with Crippen molar-refractivity contribution in [2.45, 2.75) is 20.3 Å². The van der Waals surface area contributed by atoms with Crippen LogP contribution in [0, 0.1) is 11.7 Å². The van der Waals surface area contributed by atoms with Gasteiger partial charge in [-0.1, -0.05) is 13.8 Å². The normalized spacial score (nSPS) is 10.5. The number of thiazole rings is 1. The van der Waals surface area contributed by atoms with Crippen molar-refractivity contribution in [2.75, 3.05) is 10.6 Å². The number of anilines is 2. The maximum absolute atomic E-state index is 13.4. The van der Waals surface area contributed by atoms with E-state index in [1.165, 1.54) is 23.5 Å². The first kappa shape index (κ1) is 16.1. The number of rotatable bonds is 5. The number of ketones is 1. The highest BCUT2D eigenvalue weighted by atomic mass is 32.1. The number of hydrogen-bond donors (Lipinski definition) is 2. The summed E-state index contributed by atoms with van der Waals surface area (Å²) in [6.07, 6.45) is 1.88. The third kappa shape index (κ3) is 4.36. The zero-order valence-corrected chi connectivity index (χ0v) is 13.0. The lowest BCUT2D eigenvalue weighted by molar-refractivity contribution is 0.0968. The first-order chi connectivity index (χ1) is 10.5. The second kappa shape index (κ2) is 7.13. The number of carbonyl (C=O) groups excluding carboxylic acids is 2. The summed E-state index contributed by atoms with van der Waals surface area (Å²) >= 11 is 1.26. The van der Waals surface area contributed by atoms with Crippen LogP contribution < -0.4 is 10.6 Å². The molecule has 0 atom stereocenters. The highest BCUT2D eigenvalue weighted by Crippen LogP contribution is 2.21. The van der Waals surface area contributed by atoms with Gasteiger partial charge in [0.15, 0.2) is 10.9 Å². The van der Waals surface area contributed by atoms with E-state index in [0.717, 1.165) is 6.07 Å². The number of Topliss-reactive ketones (excluding diaryl/α,β-unsaturated/α-hetero) is 1. The first-order valence-electron chi connectivity index (χ1n) is 6.76. The molecule has 1 aromatic heterocycles. The van der Waals surface area contributed by atoms with Gasteiger partial charge in [-0.2, -0.15) is 0 Å². The Morgan fingerprint density at radius 2 is 2.09 bits per heavy atom. The van der Waals surface area contributed by atoms with Gasteiger partial charge in [0.2, 0.25) is 0 Å². The van der Waals surface area contributed by atoms with Gasteiger partial charge in [0.1, 0.15) is 5.82 Å². The largest absolute Gasteiger partial charge is 0.325 e. The number of halogens is 1. The molecular formula is C15H16FN3O2S. The molecule has 0 fully saturated rings. The number of amides is 2. The summed E-state index contributed by atoms with van der Waals surface area (Å²) in [5.41, 5.74) is 0.448. The SMILES string of the molecule is CC(C)CC(=O)c1ccc(F)cc1NC(=O)Nc1nccs1. The fourth-order valence-corrected chi connectivity index (χ4v) is 2.40. The minimum Gasteiger partial charge on any atom is -0.307 e. The number of nitrogens with zero attached hydrogens (tertiary/aromatic N) is 1. The Morgan fingerprint density at radius 3 is 2.73 bits per heavy atom. The summed E-state index contributed by atoms with van der Waals surface area (Å²) < 4.78 is 13.4. The van der Waals surface area contributed by atoms with Crippen molar-refractivity contribution in [1.29, 1.82) is 0 Å². The summed E-state index contributed by atoms with van der Waals surface area (Å²) in [5.74, 6) is -0.486. The Balaban J connectivity index is 2.16. The van der Waals surface area contributed by atoms with Crippen LogP contribution in [-0.2, 0) is 0 Å². The predicted molar refractivity (Wildman–Crippen MR) is 84.9 cm³/mol. The molecular weight excluding hydrogens is 305 g/mol. The summed E-state index contributed by atoms with van der Waals surface area (Å²) in [7, 11) is 0. The maximum Gasteiger partial charge on any atom is 0.325 e. The monoisotopic (exact) mass is 321 g/mol. The van der Waals surface area contributed by atoms with Crippen LogP contribution in [0.1, 0.15) is 30.6 Å². The van der Waals surface area contributed by atoms with Crippen LogP contribution in [0.2, 0.25) is 0 Å². The molecule has 0 unspecified atom stereocenters. The van der Waals surface area contributed by atoms with Gasteiger partial charge in [-0.3, -0.25) is 10.1 Å². The van der Waals surface area contributed by atoms with Crippen molar-refractivity contribution in [1.82, 2.24) is 4.98 Å². The van der Waals surface area contributed by atoms with Gasteiger partial charge >= 0.3 is 6.03 Å². The van der Waals surface area contributed by atoms with Crippen molar-refractivity contribution < 1.29 is 14.0 Å². The predicted octanol–water partition coefficient (Wildman–Crippen LogP) is 4.16. The molecule has 0 radical (unpaired) electrons. The van der Waals surface area contributed by atoms with Gasteiger partial charge in [-0.15, -0.1) is 11.3 Å². The van der Waals surface area contributed by atoms with E-state index < -0.39 is 11.8 Å². The second-order valence-corrected chi connectivity index (χ2v) is 6.02. The quantitative estimate of drug-likeness (QED) is 0.812. The second-order valence-electron chi connectivity index (χ2n) is 5.13. The molecule has 0 saturated carbocycles. The number of urea groups is 1. The van der Waals surface area contributed by atoms with Gasteiger partial charge in [-0.05, 0) is 24.1 Å². The number of carbonyl (C=O) groups is 2. The van der Waals surface area contributed by atoms with E-state index in [2.05, 4.69) is 15.6 Å². The molecule has 1 heterocycles. The molecule has 0 aliphatic rings. The van der Waals surface area contributed by atoms with Gasteiger partial charge in [0, 0.05) is 23.6 Å². The van der Waals surface area contributed by atoms with E-state index in [4.69, 9.17) is 0 Å². The molecule has 7 heteroatoms. The average molecular weight is 321 g/mol. The van der Waals surface area contributed by atoms with Crippen LogP contribution in [-0.4, -0.2) is 16.8 Å². The van der Waals surface area contributed by atoms with E-state index in [0.29, 0.717) is 17.1 Å². The molecule has 2 rings (SSSR count). The van der Waals surface area contributed by atoms with Crippen molar-refractivity contribution in [3.63, 3.8) is 0 Å². The highest BCUT2D eigenvalue weighted by molar-refractivity contribution is 7.13. The first-order valence-corrected chi connectivity index (χ1v) is 7.64. The van der Waals surface area contributed by atoms with Crippen LogP contribution in [0.4, 0.5) is 20.0 Å². The Kier molecular flexibility index (Phi) is 5.21. The molecule has 116 valence electrons. The van der Waals surface area contributed by atoms with E-state index in [1.807, 2.05) is 13.8 Å². The van der Waals surface area contributed by atoms with E-state index in [1.54, 1.807) is 11.6 Å².